The third kappa shape index (κ3) is 6.87. The molecular formula is C33H28N2O4. The molecule has 1 aromatic heterocycles. The molecule has 4 aromatic carbocycles. The topological polar surface area (TPSA) is 70.4 Å². The molecule has 0 spiro atoms. The van der Waals surface area contributed by atoms with Gasteiger partial charge in [-0.3, -0.25) is 4.79 Å². The first-order valence-corrected chi connectivity index (χ1v) is 12.7. The normalized spacial score (nSPS) is 11.5. The average Bonchev–Trinajstić information content (AvgIpc) is 3.49. The van der Waals surface area contributed by atoms with Crippen molar-refractivity contribution < 1.29 is 19.1 Å². The number of esters is 2. The molecule has 0 saturated heterocycles. The number of imidazole rings is 1. The summed E-state index contributed by atoms with van der Waals surface area (Å²) >= 11 is 0. The van der Waals surface area contributed by atoms with Crippen molar-refractivity contribution in [2.45, 2.75) is 25.7 Å². The van der Waals surface area contributed by atoms with Crippen LogP contribution >= 0.6 is 0 Å². The number of ether oxygens (including phenoxy) is 2. The van der Waals surface area contributed by atoms with Crippen molar-refractivity contribution in [2.24, 2.45) is 0 Å². The van der Waals surface area contributed by atoms with E-state index in [-0.39, 0.29) is 19.6 Å². The maximum absolute atomic E-state index is 13.2. The van der Waals surface area contributed by atoms with Gasteiger partial charge < -0.3 is 14.0 Å². The molecule has 0 fully saturated rings. The van der Waals surface area contributed by atoms with Gasteiger partial charge in [-0.2, -0.15) is 0 Å². The van der Waals surface area contributed by atoms with Crippen LogP contribution in [0, 0.1) is 0 Å². The Hall–Kier alpha value is -4.97. The zero-order valence-corrected chi connectivity index (χ0v) is 21.4. The lowest BCUT2D eigenvalue weighted by Crippen LogP contribution is -2.24. The van der Waals surface area contributed by atoms with Gasteiger partial charge in [0.2, 0.25) is 0 Å². The zero-order valence-electron chi connectivity index (χ0n) is 21.4. The third-order valence-electron chi connectivity index (χ3n) is 6.35. The highest BCUT2D eigenvalue weighted by atomic mass is 16.5. The molecule has 0 bridgehead atoms. The minimum atomic E-state index is -0.915. The molecule has 0 aliphatic rings. The van der Waals surface area contributed by atoms with Gasteiger partial charge in [0.05, 0.1) is 18.4 Å². The van der Waals surface area contributed by atoms with E-state index in [9.17, 15) is 9.59 Å². The molecule has 0 N–H and O–H groups in total. The van der Waals surface area contributed by atoms with E-state index >= 15 is 0 Å². The molecule has 6 nitrogen and oxygen atoms in total. The maximum atomic E-state index is 13.2. The number of hydrogen-bond acceptors (Lipinski definition) is 5. The second-order valence-electron chi connectivity index (χ2n) is 9.11. The van der Waals surface area contributed by atoms with Gasteiger partial charge in [0.25, 0.3) is 0 Å². The largest absolute Gasteiger partial charge is 0.461 e. The van der Waals surface area contributed by atoms with E-state index in [2.05, 4.69) is 17.1 Å². The lowest BCUT2D eigenvalue weighted by atomic mass is 10.0. The first-order valence-electron chi connectivity index (χ1n) is 12.7. The van der Waals surface area contributed by atoms with E-state index in [0.717, 1.165) is 27.8 Å². The number of aromatic nitrogens is 2. The summed E-state index contributed by atoms with van der Waals surface area (Å²) in [5, 5.41) is 0. The predicted octanol–water partition coefficient (Wildman–Crippen LogP) is 6.64. The second-order valence-corrected chi connectivity index (χ2v) is 9.11. The standard InChI is InChI=1S/C33H28N2O4/c36-32(38-22-25-10-4-1-5-11-25)20-31(33(37)39-23-26-12-6-2-7-13-26)35-21-30(34-24-35)29-18-16-28(17-19-29)27-14-8-3-9-15-27/h1-19,21,24,31H,20,22-23H2. The van der Waals surface area contributed by atoms with Crippen LogP contribution in [0.15, 0.2) is 128 Å². The van der Waals surface area contributed by atoms with Crippen molar-refractivity contribution in [3.63, 3.8) is 0 Å². The van der Waals surface area contributed by atoms with E-state index in [1.165, 1.54) is 0 Å². The van der Waals surface area contributed by atoms with E-state index in [1.54, 1.807) is 17.1 Å². The van der Waals surface area contributed by atoms with Crippen LogP contribution < -0.4 is 0 Å². The quantitative estimate of drug-likeness (QED) is 0.195. The molecule has 1 heterocycles. The zero-order chi connectivity index (χ0) is 26.9. The first-order chi connectivity index (χ1) is 19.2. The molecule has 0 amide bonds. The Morgan fingerprint density at radius 2 is 1.15 bits per heavy atom. The highest BCUT2D eigenvalue weighted by molar-refractivity contribution is 5.81. The maximum Gasteiger partial charge on any atom is 0.330 e. The summed E-state index contributed by atoms with van der Waals surface area (Å²) in [5.41, 5.74) is 5.55. The number of carbonyl (C=O) groups excluding carboxylic acids is 2. The molecule has 6 heteroatoms. The van der Waals surface area contributed by atoms with Crippen LogP contribution in [0.2, 0.25) is 0 Å². The molecule has 5 rings (SSSR count). The molecule has 194 valence electrons. The minimum Gasteiger partial charge on any atom is -0.461 e. The van der Waals surface area contributed by atoms with Crippen LogP contribution in [0.4, 0.5) is 0 Å². The third-order valence-corrected chi connectivity index (χ3v) is 6.35. The Bertz CT molecular complexity index is 1500. The van der Waals surface area contributed by atoms with E-state index in [1.807, 2.05) is 103 Å². The monoisotopic (exact) mass is 516 g/mol. The van der Waals surface area contributed by atoms with Crippen LogP contribution in [0.3, 0.4) is 0 Å². The van der Waals surface area contributed by atoms with Crippen LogP contribution in [0.1, 0.15) is 23.6 Å². The van der Waals surface area contributed by atoms with Gasteiger partial charge in [0, 0.05) is 11.8 Å². The first kappa shape index (κ1) is 25.7. The molecule has 0 aliphatic carbocycles. The van der Waals surface area contributed by atoms with Gasteiger partial charge >= 0.3 is 11.9 Å². The Balaban J connectivity index is 1.32. The van der Waals surface area contributed by atoms with Gasteiger partial charge in [0.15, 0.2) is 0 Å². The van der Waals surface area contributed by atoms with Crippen molar-refractivity contribution in [3.8, 4) is 22.4 Å². The van der Waals surface area contributed by atoms with Crippen molar-refractivity contribution in [1.29, 1.82) is 0 Å². The summed E-state index contributed by atoms with van der Waals surface area (Å²) in [6, 6.07) is 36.1. The summed E-state index contributed by atoms with van der Waals surface area (Å²) in [6.45, 7) is 0.242. The molecule has 1 unspecified atom stereocenters. The Morgan fingerprint density at radius 3 is 1.77 bits per heavy atom. The molecule has 39 heavy (non-hydrogen) atoms. The smallest absolute Gasteiger partial charge is 0.330 e. The molecule has 5 aromatic rings. The molecule has 1 atom stereocenters. The summed E-state index contributed by atoms with van der Waals surface area (Å²) < 4.78 is 12.7. The van der Waals surface area contributed by atoms with Crippen molar-refractivity contribution >= 4 is 11.9 Å². The Kier molecular flexibility index (Phi) is 8.24. The lowest BCUT2D eigenvalue weighted by Gasteiger charge is -2.17. The van der Waals surface area contributed by atoms with Crippen LogP contribution in [-0.4, -0.2) is 21.5 Å². The SMILES string of the molecule is O=C(CC(C(=O)OCc1ccccc1)n1cnc(-c2ccc(-c3ccccc3)cc2)c1)OCc1ccccc1. The number of rotatable bonds is 10. The van der Waals surface area contributed by atoms with Gasteiger partial charge in [-0.1, -0.05) is 115 Å². The fraction of sp³-hybridized carbons (Fsp3) is 0.121. The Morgan fingerprint density at radius 1 is 0.641 bits per heavy atom. The second kappa shape index (κ2) is 12.5. The minimum absolute atomic E-state index is 0.109. The summed E-state index contributed by atoms with van der Waals surface area (Å²) in [4.78, 5) is 30.5. The van der Waals surface area contributed by atoms with Crippen LogP contribution in [0.25, 0.3) is 22.4 Å². The van der Waals surface area contributed by atoms with Crippen molar-refractivity contribution in [2.75, 3.05) is 0 Å². The molecular weight excluding hydrogens is 488 g/mol. The van der Waals surface area contributed by atoms with Gasteiger partial charge in [0.1, 0.15) is 19.3 Å². The highest BCUT2D eigenvalue weighted by Crippen LogP contribution is 2.26. The fourth-order valence-corrected chi connectivity index (χ4v) is 4.21. The van der Waals surface area contributed by atoms with Gasteiger partial charge in [-0.25, -0.2) is 9.78 Å². The van der Waals surface area contributed by atoms with Gasteiger partial charge in [-0.15, -0.1) is 0 Å². The van der Waals surface area contributed by atoms with Gasteiger partial charge in [-0.05, 0) is 22.3 Å². The Labute approximate surface area is 227 Å². The number of nitrogens with zero attached hydrogens (tertiary/aromatic N) is 2. The van der Waals surface area contributed by atoms with Crippen LogP contribution in [0.5, 0.6) is 0 Å². The molecule has 0 aliphatic heterocycles. The summed E-state index contributed by atoms with van der Waals surface area (Å²) in [5.74, 6) is -1.03. The highest BCUT2D eigenvalue weighted by Gasteiger charge is 2.27. The molecule has 0 radical (unpaired) electrons. The average molecular weight is 517 g/mol. The number of benzene rings is 4. The number of carbonyl (C=O) groups is 2. The number of hydrogen-bond donors (Lipinski definition) is 0. The lowest BCUT2D eigenvalue weighted by molar-refractivity contribution is -0.155. The van der Waals surface area contributed by atoms with Crippen molar-refractivity contribution in [3.05, 3.63) is 139 Å². The predicted molar refractivity (Wildman–Crippen MR) is 149 cm³/mol. The summed E-state index contributed by atoms with van der Waals surface area (Å²) in [6.07, 6.45) is 3.14. The van der Waals surface area contributed by atoms with Crippen LogP contribution in [-0.2, 0) is 32.3 Å². The van der Waals surface area contributed by atoms with E-state index < -0.39 is 18.0 Å². The van der Waals surface area contributed by atoms with E-state index in [0.29, 0.717) is 5.69 Å². The van der Waals surface area contributed by atoms with E-state index in [4.69, 9.17) is 9.47 Å². The van der Waals surface area contributed by atoms with Crippen molar-refractivity contribution in [1.82, 2.24) is 9.55 Å². The molecule has 0 saturated carbocycles. The summed E-state index contributed by atoms with van der Waals surface area (Å²) in [7, 11) is 0. The fourth-order valence-electron chi connectivity index (χ4n) is 4.21.